The van der Waals surface area contributed by atoms with E-state index in [0.29, 0.717) is 5.92 Å². The molecule has 0 atom stereocenters. The number of rotatable bonds is 6. The highest BCUT2D eigenvalue weighted by molar-refractivity contribution is 5.27. The average Bonchev–Trinajstić information content (AvgIpc) is 2.89. The molecule has 0 amide bonds. The Morgan fingerprint density at radius 2 is 2.16 bits per heavy atom. The van der Waals surface area contributed by atoms with Gasteiger partial charge in [0.25, 0.3) is 0 Å². The van der Waals surface area contributed by atoms with Crippen molar-refractivity contribution >= 4 is 0 Å². The molecule has 0 bridgehead atoms. The molecule has 0 radical (unpaired) electrons. The fourth-order valence-electron chi connectivity index (χ4n) is 1.88. The second kappa shape index (κ2) is 6.48. The van der Waals surface area contributed by atoms with Crippen molar-refractivity contribution in [1.29, 1.82) is 0 Å². The van der Waals surface area contributed by atoms with Gasteiger partial charge < -0.3 is 5.32 Å². The van der Waals surface area contributed by atoms with Crippen molar-refractivity contribution in [3.63, 3.8) is 0 Å². The minimum atomic E-state index is 0.440. The minimum absolute atomic E-state index is 0.440. The zero-order valence-electron chi connectivity index (χ0n) is 11.9. The van der Waals surface area contributed by atoms with Crippen LogP contribution in [0.15, 0.2) is 30.6 Å². The van der Waals surface area contributed by atoms with Crippen LogP contribution in [0, 0.1) is 0 Å². The van der Waals surface area contributed by atoms with E-state index in [4.69, 9.17) is 0 Å². The molecular formula is C15H22N4. The Morgan fingerprint density at radius 1 is 1.32 bits per heavy atom. The van der Waals surface area contributed by atoms with Gasteiger partial charge >= 0.3 is 0 Å². The Balaban J connectivity index is 2.12. The summed E-state index contributed by atoms with van der Waals surface area (Å²) in [5, 5.41) is 7.95. The molecule has 2 rings (SSSR count). The van der Waals surface area contributed by atoms with Gasteiger partial charge in [0.2, 0.25) is 0 Å². The van der Waals surface area contributed by atoms with E-state index in [1.807, 2.05) is 29.2 Å². The summed E-state index contributed by atoms with van der Waals surface area (Å²) >= 11 is 0. The molecule has 1 N–H and O–H groups in total. The molecule has 2 aromatic heterocycles. The fourth-order valence-corrected chi connectivity index (χ4v) is 1.88. The summed E-state index contributed by atoms with van der Waals surface area (Å²) in [7, 11) is 0. The normalized spacial score (nSPS) is 11.2. The van der Waals surface area contributed by atoms with E-state index in [-0.39, 0.29) is 0 Å². The molecule has 2 aromatic rings. The van der Waals surface area contributed by atoms with E-state index in [1.165, 1.54) is 5.56 Å². The first kappa shape index (κ1) is 13.7. The third-order valence-corrected chi connectivity index (χ3v) is 3.00. The average molecular weight is 258 g/mol. The number of hydrogen-bond donors (Lipinski definition) is 1. The van der Waals surface area contributed by atoms with Crippen LogP contribution in [-0.4, -0.2) is 21.3 Å². The van der Waals surface area contributed by atoms with E-state index < -0.39 is 0 Å². The molecule has 2 heterocycles. The summed E-state index contributed by atoms with van der Waals surface area (Å²) in [5.41, 5.74) is 2.33. The van der Waals surface area contributed by atoms with Crippen molar-refractivity contribution < 1.29 is 0 Å². The molecule has 102 valence electrons. The zero-order valence-corrected chi connectivity index (χ0v) is 11.9. The second-order valence-electron chi connectivity index (χ2n) is 5.04. The Labute approximate surface area is 114 Å². The van der Waals surface area contributed by atoms with Gasteiger partial charge in [-0.05, 0) is 42.6 Å². The van der Waals surface area contributed by atoms with Crippen LogP contribution in [0.3, 0.4) is 0 Å². The predicted octanol–water partition coefficient (Wildman–Crippen LogP) is 2.89. The highest BCUT2D eigenvalue weighted by Crippen LogP contribution is 2.13. The van der Waals surface area contributed by atoms with Gasteiger partial charge in [-0.25, -0.2) is 9.67 Å². The summed E-state index contributed by atoms with van der Waals surface area (Å²) in [6.45, 7) is 8.37. The van der Waals surface area contributed by atoms with Gasteiger partial charge in [-0.15, -0.1) is 0 Å². The van der Waals surface area contributed by atoms with Crippen molar-refractivity contribution in [2.75, 3.05) is 6.54 Å². The highest BCUT2D eigenvalue weighted by atomic mass is 15.3. The Bertz CT molecular complexity index is 516. The molecule has 4 nitrogen and oxygen atoms in total. The van der Waals surface area contributed by atoms with E-state index in [1.54, 1.807) is 0 Å². The lowest BCUT2D eigenvalue weighted by atomic mass is 10.1. The predicted molar refractivity (Wildman–Crippen MR) is 77.4 cm³/mol. The maximum atomic E-state index is 4.55. The molecule has 0 saturated carbocycles. The Kier molecular flexibility index (Phi) is 4.68. The van der Waals surface area contributed by atoms with Crippen LogP contribution in [0.2, 0.25) is 0 Å². The Morgan fingerprint density at radius 3 is 2.84 bits per heavy atom. The molecule has 4 heteroatoms. The third-order valence-electron chi connectivity index (χ3n) is 3.00. The van der Waals surface area contributed by atoms with Gasteiger partial charge in [0.15, 0.2) is 5.82 Å². The van der Waals surface area contributed by atoms with Crippen LogP contribution in [0.25, 0.3) is 5.82 Å². The summed E-state index contributed by atoms with van der Waals surface area (Å²) in [4.78, 5) is 4.38. The summed E-state index contributed by atoms with van der Waals surface area (Å²) < 4.78 is 1.85. The first-order chi connectivity index (χ1) is 9.20. The minimum Gasteiger partial charge on any atom is -0.313 e. The van der Waals surface area contributed by atoms with E-state index in [9.17, 15) is 0 Å². The van der Waals surface area contributed by atoms with E-state index in [0.717, 1.165) is 31.0 Å². The van der Waals surface area contributed by atoms with E-state index >= 15 is 0 Å². The first-order valence-corrected chi connectivity index (χ1v) is 6.92. The van der Waals surface area contributed by atoms with Crippen LogP contribution in [0.5, 0.6) is 0 Å². The maximum absolute atomic E-state index is 4.55. The molecule has 0 saturated heterocycles. The first-order valence-electron chi connectivity index (χ1n) is 6.92. The lowest BCUT2D eigenvalue weighted by molar-refractivity contribution is 0.673. The second-order valence-corrected chi connectivity index (χ2v) is 5.04. The monoisotopic (exact) mass is 258 g/mol. The van der Waals surface area contributed by atoms with Gasteiger partial charge in [-0.2, -0.15) is 5.10 Å². The van der Waals surface area contributed by atoms with Gasteiger partial charge in [0.05, 0.1) is 5.69 Å². The summed E-state index contributed by atoms with van der Waals surface area (Å²) in [6.07, 6.45) is 4.96. The van der Waals surface area contributed by atoms with Gasteiger partial charge in [0, 0.05) is 18.9 Å². The van der Waals surface area contributed by atoms with Crippen molar-refractivity contribution in [3.05, 3.63) is 41.9 Å². The lowest BCUT2D eigenvalue weighted by Crippen LogP contribution is -2.14. The van der Waals surface area contributed by atoms with Gasteiger partial charge in [-0.1, -0.05) is 20.8 Å². The van der Waals surface area contributed by atoms with Crippen molar-refractivity contribution in [1.82, 2.24) is 20.1 Å². The number of aromatic nitrogens is 3. The topological polar surface area (TPSA) is 42.7 Å². The molecule has 19 heavy (non-hydrogen) atoms. The van der Waals surface area contributed by atoms with Gasteiger partial charge in [-0.3, -0.25) is 0 Å². The SMILES string of the molecule is CCCNCc1ccnc(-n2ccc(C(C)C)n2)c1. The lowest BCUT2D eigenvalue weighted by Gasteiger charge is -2.06. The molecule has 0 fully saturated rings. The number of pyridine rings is 1. The number of nitrogens with zero attached hydrogens (tertiary/aromatic N) is 3. The number of hydrogen-bond acceptors (Lipinski definition) is 3. The van der Waals surface area contributed by atoms with Gasteiger partial charge in [0.1, 0.15) is 0 Å². The quantitative estimate of drug-likeness (QED) is 0.810. The standard InChI is InChI=1S/C15H22N4/c1-4-7-16-11-13-5-8-17-15(10-13)19-9-6-14(18-19)12(2)3/h5-6,8-10,12,16H,4,7,11H2,1-3H3. The highest BCUT2D eigenvalue weighted by Gasteiger charge is 2.06. The van der Waals surface area contributed by atoms with Crippen LogP contribution >= 0.6 is 0 Å². The van der Waals surface area contributed by atoms with Crippen molar-refractivity contribution in [2.24, 2.45) is 0 Å². The molecular weight excluding hydrogens is 236 g/mol. The van der Waals surface area contributed by atoms with Crippen LogP contribution in [0.1, 0.15) is 44.4 Å². The van der Waals surface area contributed by atoms with Crippen LogP contribution in [0.4, 0.5) is 0 Å². The third kappa shape index (κ3) is 3.64. The van der Waals surface area contributed by atoms with Crippen molar-refractivity contribution in [3.8, 4) is 5.82 Å². The molecule has 0 aromatic carbocycles. The summed E-state index contributed by atoms with van der Waals surface area (Å²) in [6, 6.07) is 6.17. The molecule has 0 aliphatic rings. The maximum Gasteiger partial charge on any atom is 0.153 e. The smallest absolute Gasteiger partial charge is 0.153 e. The molecule has 0 aliphatic carbocycles. The van der Waals surface area contributed by atoms with Crippen LogP contribution < -0.4 is 5.32 Å². The zero-order chi connectivity index (χ0) is 13.7. The molecule has 0 spiro atoms. The van der Waals surface area contributed by atoms with Crippen LogP contribution in [-0.2, 0) is 6.54 Å². The van der Waals surface area contributed by atoms with E-state index in [2.05, 4.69) is 42.2 Å². The molecule has 0 aliphatic heterocycles. The fraction of sp³-hybridized carbons (Fsp3) is 0.467. The summed E-state index contributed by atoms with van der Waals surface area (Å²) in [5.74, 6) is 1.32. The number of nitrogens with one attached hydrogen (secondary N) is 1. The Hall–Kier alpha value is -1.68. The van der Waals surface area contributed by atoms with Crippen molar-refractivity contribution in [2.45, 2.75) is 39.7 Å². The molecule has 0 unspecified atom stereocenters. The largest absolute Gasteiger partial charge is 0.313 e.